The highest BCUT2D eigenvalue weighted by Crippen LogP contribution is 2.56. The van der Waals surface area contributed by atoms with E-state index in [-0.39, 0.29) is 47.4 Å². The molecule has 7 N–H and O–H groups in total. The van der Waals surface area contributed by atoms with Gasteiger partial charge in [-0.3, -0.25) is 28.1 Å². The molecule has 2 amide bonds. The van der Waals surface area contributed by atoms with Crippen LogP contribution in [0.25, 0.3) is 11.2 Å². The molecule has 2 aromatic heterocycles. The fraction of sp³-hybridized carbons (Fsp3) is 0.692. The lowest BCUT2D eigenvalue weighted by Crippen LogP contribution is -2.46. The second-order valence-electron chi connectivity index (χ2n) is 12.7. The van der Waals surface area contributed by atoms with E-state index in [1.807, 2.05) is 0 Å². The van der Waals surface area contributed by atoms with Crippen LogP contribution in [-0.4, -0.2) is 114 Å². The molecule has 3 rings (SSSR count). The maximum absolute atomic E-state index is 12.5. The molecule has 1 aliphatic rings. The number of aliphatic hydroxyl groups excluding tert-OH is 3. The number of hydrogen-bond donors (Lipinski definition) is 6. The second-order valence-corrected chi connectivity index (χ2v) is 17.8. The number of aromatic nitrogens is 4. The first-order valence-corrected chi connectivity index (χ1v) is 21.4. The first-order valence-electron chi connectivity index (χ1n) is 16.0. The number of carbonyl (C=O) groups excluding carboxylic acids is 3. The molecule has 0 saturated carbocycles. The summed E-state index contributed by atoms with van der Waals surface area (Å²) >= 11 is 0.935. The minimum absolute atomic E-state index is 0.0262. The number of thioether (sulfide) groups is 1. The highest BCUT2D eigenvalue weighted by atomic mass is 32.2. The van der Waals surface area contributed by atoms with E-state index in [4.69, 9.17) is 10.5 Å². The van der Waals surface area contributed by atoms with Crippen molar-refractivity contribution in [2.75, 3.05) is 37.8 Å². The van der Waals surface area contributed by atoms with E-state index >= 15 is 0 Å². The summed E-state index contributed by atoms with van der Waals surface area (Å²) in [5.41, 5.74) is 4.04. The van der Waals surface area contributed by atoms with Crippen LogP contribution in [0.4, 0.5) is 5.82 Å². The minimum Gasteiger partial charge on any atom is -0.790 e. The number of nitrogen functional groups attached to an aromatic ring is 1. The molecule has 2 aromatic rings. The van der Waals surface area contributed by atoms with Gasteiger partial charge in [0.2, 0.25) is 11.8 Å². The van der Waals surface area contributed by atoms with Crippen molar-refractivity contribution in [3.05, 3.63) is 12.7 Å². The Bertz CT molecular complexity index is 1810. The van der Waals surface area contributed by atoms with E-state index in [9.17, 15) is 63.0 Å². The van der Waals surface area contributed by atoms with E-state index in [0.717, 1.165) is 29.0 Å². The van der Waals surface area contributed by atoms with E-state index in [0.29, 0.717) is 0 Å². The van der Waals surface area contributed by atoms with Gasteiger partial charge < -0.3 is 74.1 Å². The van der Waals surface area contributed by atoms with Crippen molar-refractivity contribution in [2.45, 2.75) is 70.9 Å². The topological polar surface area (TPSA) is 395 Å². The van der Waals surface area contributed by atoms with Crippen LogP contribution in [0.5, 0.6) is 0 Å². The van der Waals surface area contributed by atoms with Gasteiger partial charge in [0.1, 0.15) is 36.3 Å². The number of carbonyl (C=O) groups is 3. The molecule has 25 nitrogen and oxygen atoms in total. The number of hydrogen-bond acceptors (Lipinski definition) is 23. The van der Waals surface area contributed by atoms with Crippen LogP contribution in [0.15, 0.2) is 12.7 Å². The van der Waals surface area contributed by atoms with Crippen LogP contribution >= 0.6 is 35.2 Å². The van der Waals surface area contributed by atoms with Crippen LogP contribution in [0.2, 0.25) is 0 Å². The summed E-state index contributed by atoms with van der Waals surface area (Å²) in [6, 6.07) is 0. The largest absolute Gasteiger partial charge is 0.790 e. The van der Waals surface area contributed by atoms with Crippen molar-refractivity contribution in [2.24, 2.45) is 11.3 Å². The number of anilines is 1. The summed E-state index contributed by atoms with van der Waals surface area (Å²) < 4.78 is 60.4. The van der Waals surface area contributed by atoms with Crippen LogP contribution in [0.3, 0.4) is 0 Å². The zero-order valence-corrected chi connectivity index (χ0v) is 33.0. The van der Waals surface area contributed by atoms with E-state index < -0.39 is 96.6 Å². The van der Waals surface area contributed by atoms with Crippen molar-refractivity contribution in [3.63, 3.8) is 0 Å². The Balaban J connectivity index is 1.50. The number of imidazole rings is 1. The number of fused-ring (bicyclic) bond motifs is 1. The summed E-state index contributed by atoms with van der Waals surface area (Å²) in [5.74, 6) is -1.96. The van der Waals surface area contributed by atoms with Crippen LogP contribution in [0, 0.1) is 11.3 Å². The van der Waals surface area contributed by atoms with Crippen molar-refractivity contribution in [1.29, 1.82) is 0 Å². The normalized spacial score (nSPS) is 23.0. The fourth-order valence-corrected chi connectivity index (χ4v) is 8.19. The Morgan fingerprint density at radius 2 is 1.71 bits per heavy atom. The van der Waals surface area contributed by atoms with Crippen molar-refractivity contribution < 1.29 is 85.6 Å². The Labute approximate surface area is 317 Å². The lowest BCUT2D eigenvalue weighted by molar-refractivity contribution is -0.347. The van der Waals surface area contributed by atoms with Crippen molar-refractivity contribution in [3.8, 4) is 0 Å². The lowest BCUT2D eigenvalue weighted by Gasteiger charge is -2.36. The highest BCUT2D eigenvalue weighted by molar-refractivity contribution is 8.13. The molecule has 1 fully saturated rings. The molecule has 0 aliphatic carbocycles. The molecule has 9 atom stereocenters. The molecule has 3 heterocycles. The molecule has 55 heavy (non-hydrogen) atoms. The number of ether oxygens (including phenoxy) is 1. The Hall–Kier alpha value is -2.48. The number of phosphoric acid groups is 3. The molecule has 0 radical (unpaired) electrons. The summed E-state index contributed by atoms with van der Waals surface area (Å²) in [7, 11) is -17.6. The predicted molar refractivity (Wildman–Crippen MR) is 179 cm³/mol. The quantitative estimate of drug-likeness (QED) is 0.0517. The van der Waals surface area contributed by atoms with Crippen molar-refractivity contribution in [1.82, 2.24) is 30.2 Å². The Kier molecular flexibility index (Phi) is 16.5. The predicted octanol–water partition coefficient (Wildman–Crippen LogP) is -3.85. The van der Waals surface area contributed by atoms with Gasteiger partial charge in [-0.25, -0.2) is 19.3 Å². The molecule has 29 heteroatoms. The molecule has 1 saturated heterocycles. The second kappa shape index (κ2) is 19.3. The fourth-order valence-electron chi connectivity index (χ4n) is 4.59. The van der Waals surface area contributed by atoms with Crippen molar-refractivity contribution >= 4 is 69.1 Å². The smallest absolute Gasteiger partial charge is 0.274 e. The van der Waals surface area contributed by atoms with Gasteiger partial charge in [0.15, 0.2) is 22.8 Å². The lowest BCUT2D eigenvalue weighted by atomic mass is 9.87. The molecular weight excluding hydrogens is 823 g/mol. The number of nitrogens with zero attached hydrogens (tertiary/aromatic N) is 4. The number of rotatable bonds is 21. The van der Waals surface area contributed by atoms with Gasteiger partial charge in [0.25, 0.3) is 15.6 Å². The van der Waals surface area contributed by atoms with Crippen LogP contribution < -0.4 is 35.9 Å². The van der Waals surface area contributed by atoms with Gasteiger partial charge in [-0.15, -0.1) is 0 Å². The standard InChI is InChI=1S/C26H44N7O18P3S/c1-13(14(2)34)25(39)55-8-7-28-16(35)5-6-29-23(38)20(37)26(3,4)10-48-54(45,46)51-53(43,44)47-9-15-19(50-52(40,41)42)18(36)24(49-15)33-12-32-17-21(27)30-11-31-22(17)33/h11-15,18-20,24,34,36-37H,5-10H2,1-4H3,(H,28,35)(H,29,38)(H,43,44)(H,45,46)(H2,27,30,31)(H2,40,41,42)/p-4/t13-,14-,15+,18+,19+,20-,24+/m0/s1. The Morgan fingerprint density at radius 1 is 1.05 bits per heavy atom. The molecule has 0 aromatic carbocycles. The average Bonchev–Trinajstić information content (AvgIpc) is 3.64. The van der Waals surface area contributed by atoms with Gasteiger partial charge in [0.05, 0.1) is 39.4 Å². The number of nitrogens with one attached hydrogen (secondary N) is 2. The summed E-state index contributed by atoms with van der Waals surface area (Å²) in [4.78, 5) is 95.8. The molecule has 1 aliphatic heterocycles. The monoisotopic (exact) mass is 863 g/mol. The third kappa shape index (κ3) is 13.8. The zero-order chi connectivity index (χ0) is 41.5. The first kappa shape index (κ1) is 46.9. The minimum atomic E-state index is -5.92. The SMILES string of the molecule is C[C@H](O)[C@H](C)C(=O)SCCNC(=O)CCNC(=O)[C@H](O)C(C)(C)COP(=O)([O-])OP(=O)([O-])OC[C@H]1O[C@@H](n2cnc3c(N)ncnc32)[C@H](O)[C@@H]1OP(=O)([O-])[O-]. The number of amides is 2. The van der Waals surface area contributed by atoms with Gasteiger partial charge in [-0.2, -0.15) is 0 Å². The number of phosphoric ester groups is 3. The Morgan fingerprint density at radius 3 is 2.35 bits per heavy atom. The maximum atomic E-state index is 12.5. The number of nitrogens with two attached hydrogens (primary N) is 1. The summed E-state index contributed by atoms with van der Waals surface area (Å²) in [5, 5.41) is 35.3. The van der Waals surface area contributed by atoms with E-state index in [2.05, 4.69) is 43.5 Å². The zero-order valence-electron chi connectivity index (χ0n) is 29.5. The van der Waals surface area contributed by atoms with Gasteiger partial charge in [-0.1, -0.05) is 32.5 Å². The maximum Gasteiger partial charge on any atom is 0.274 e. The van der Waals surface area contributed by atoms with Gasteiger partial charge >= 0.3 is 0 Å². The summed E-state index contributed by atoms with van der Waals surface area (Å²) in [6.45, 7) is 3.00. The van der Waals surface area contributed by atoms with Gasteiger partial charge in [-0.05, 0) is 6.92 Å². The third-order valence-electron chi connectivity index (χ3n) is 7.82. The van der Waals surface area contributed by atoms with Crippen LogP contribution in [-0.2, 0) is 50.7 Å². The molecule has 2 unspecified atom stereocenters. The molecule has 312 valence electrons. The van der Waals surface area contributed by atoms with E-state index in [1.165, 1.54) is 20.8 Å². The third-order valence-corrected chi connectivity index (χ3v) is 11.9. The first-order chi connectivity index (χ1) is 25.3. The summed E-state index contributed by atoms with van der Waals surface area (Å²) in [6.07, 6.45) is -8.49. The molecular formula is C26H40N7O18P3S-4. The number of aliphatic hydroxyl groups is 3. The van der Waals surface area contributed by atoms with E-state index in [1.54, 1.807) is 6.92 Å². The molecule has 0 spiro atoms. The average molecular weight is 864 g/mol. The highest BCUT2D eigenvalue weighted by Gasteiger charge is 2.47. The van der Waals surface area contributed by atoms with Gasteiger partial charge in [0, 0.05) is 30.7 Å². The van der Waals surface area contributed by atoms with Crippen LogP contribution in [0.1, 0.15) is 40.3 Å². The molecule has 0 bridgehead atoms.